The molecule has 0 saturated carbocycles. The van der Waals surface area contributed by atoms with Gasteiger partial charge in [0.1, 0.15) is 5.82 Å². The molecule has 0 aliphatic carbocycles. The number of nitrogens with zero attached hydrogens (tertiary/aromatic N) is 1. The number of sulfone groups is 1. The van der Waals surface area contributed by atoms with Crippen molar-refractivity contribution >= 4 is 15.7 Å². The first-order valence-electron chi connectivity index (χ1n) is 8.26. The van der Waals surface area contributed by atoms with Crippen molar-refractivity contribution in [2.75, 3.05) is 12.3 Å². The van der Waals surface area contributed by atoms with Crippen LogP contribution in [0, 0.1) is 5.82 Å². The lowest BCUT2D eigenvalue weighted by Gasteiger charge is -2.07. The maximum absolute atomic E-state index is 13.1. The predicted octanol–water partition coefficient (Wildman–Crippen LogP) is 2.56. The standard InChI is InChI=1S/C19H18FN3O3S/c20-16-8-6-15(7-9-16)18-17(12-22-23-18)19(24)21-10-11-27(25,26)13-14-4-2-1-3-5-14/h1-9,12H,10-11,13H2,(H,21,24)(H,22,23). The second-order valence-electron chi connectivity index (χ2n) is 6.00. The number of aromatic amines is 1. The first kappa shape index (κ1) is 18.8. The van der Waals surface area contributed by atoms with Gasteiger partial charge in [0, 0.05) is 12.1 Å². The molecule has 2 aromatic carbocycles. The number of H-pyrrole nitrogens is 1. The van der Waals surface area contributed by atoms with Crippen LogP contribution in [0.1, 0.15) is 15.9 Å². The zero-order chi connectivity index (χ0) is 19.3. The third kappa shape index (κ3) is 5.01. The molecule has 1 heterocycles. The number of nitrogens with one attached hydrogen (secondary N) is 2. The van der Waals surface area contributed by atoms with Gasteiger partial charge in [0.15, 0.2) is 9.84 Å². The van der Waals surface area contributed by atoms with Crippen molar-refractivity contribution in [3.63, 3.8) is 0 Å². The molecule has 8 heteroatoms. The summed E-state index contributed by atoms with van der Waals surface area (Å²) in [5.41, 5.74) is 2.02. The van der Waals surface area contributed by atoms with E-state index in [4.69, 9.17) is 0 Å². The molecule has 2 N–H and O–H groups in total. The van der Waals surface area contributed by atoms with Crippen LogP contribution < -0.4 is 5.32 Å². The van der Waals surface area contributed by atoms with E-state index in [9.17, 15) is 17.6 Å². The van der Waals surface area contributed by atoms with Gasteiger partial charge in [-0.15, -0.1) is 0 Å². The zero-order valence-electron chi connectivity index (χ0n) is 14.4. The van der Waals surface area contributed by atoms with Crippen LogP contribution in [0.25, 0.3) is 11.3 Å². The summed E-state index contributed by atoms with van der Waals surface area (Å²) >= 11 is 0. The second-order valence-corrected chi connectivity index (χ2v) is 8.18. The molecular weight excluding hydrogens is 369 g/mol. The Bertz CT molecular complexity index is 1020. The lowest BCUT2D eigenvalue weighted by Crippen LogP contribution is -2.29. The highest BCUT2D eigenvalue weighted by atomic mass is 32.2. The number of amides is 1. The number of aromatic nitrogens is 2. The van der Waals surface area contributed by atoms with Crippen LogP contribution in [0.3, 0.4) is 0 Å². The monoisotopic (exact) mass is 387 g/mol. The van der Waals surface area contributed by atoms with Crippen LogP contribution in [0.4, 0.5) is 4.39 Å². The molecule has 140 valence electrons. The van der Waals surface area contributed by atoms with Crippen molar-refractivity contribution in [2.24, 2.45) is 0 Å². The SMILES string of the molecule is O=C(NCCS(=O)(=O)Cc1ccccc1)c1cn[nH]c1-c1ccc(F)cc1. The molecule has 0 atom stereocenters. The van der Waals surface area contributed by atoms with E-state index in [0.717, 1.165) is 0 Å². The van der Waals surface area contributed by atoms with E-state index in [2.05, 4.69) is 15.5 Å². The largest absolute Gasteiger partial charge is 0.351 e. The molecule has 27 heavy (non-hydrogen) atoms. The molecule has 0 aliphatic rings. The summed E-state index contributed by atoms with van der Waals surface area (Å²) in [6, 6.07) is 14.5. The third-order valence-electron chi connectivity index (χ3n) is 3.94. The lowest BCUT2D eigenvalue weighted by molar-refractivity contribution is 0.0957. The van der Waals surface area contributed by atoms with Crippen molar-refractivity contribution in [1.82, 2.24) is 15.5 Å². The van der Waals surface area contributed by atoms with Crippen LogP contribution in [-0.2, 0) is 15.6 Å². The van der Waals surface area contributed by atoms with E-state index < -0.39 is 15.7 Å². The quantitative estimate of drug-likeness (QED) is 0.652. The maximum Gasteiger partial charge on any atom is 0.255 e. The Hall–Kier alpha value is -3.00. The molecule has 6 nitrogen and oxygen atoms in total. The van der Waals surface area contributed by atoms with Crippen LogP contribution in [0.15, 0.2) is 60.8 Å². The van der Waals surface area contributed by atoms with Gasteiger partial charge in [0.25, 0.3) is 5.91 Å². The Balaban J connectivity index is 1.60. The minimum Gasteiger partial charge on any atom is -0.351 e. The predicted molar refractivity (Wildman–Crippen MR) is 100 cm³/mol. The topological polar surface area (TPSA) is 91.9 Å². The molecule has 3 rings (SSSR count). The van der Waals surface area contributed by atoms with Gasteiger partial charge >= 0.3 is 0 Å². The fourth-order valence-electron chi connectivity index (χ4n) is 2.61. The summed E-state index contributed by atoms with van der Waals surface area (Å²) < 4.78 is 37.4. The summed E-state index contributed by atoms with van der Waals surface area (Å²) in [7, 11) is -3.35. The van der Waals surface area contributed by atoms with E-state index in [1.54, 1.807) is 24.3 Å². The Kier molecular flexibility index (Phi) is 5.66. The van der Waals surface area contributed by atoms with Crippen LogP contribution in [0.2, 0.25) is 0 Å². The highest BCUT2D eigenvalue weighted by Gasteiger charge is 2.17. The third-order valence-corrected chi connectivity index (χ3v) is 5.54. The van der Waals surface area contributed by atoms with E-state index >= 15 is 0 Å². The molecule has 1 aromatic heterocycles. The maximum atomic E-state index is 13.1. The number of rotatable bonds is 7. The molecule has 3 aromatic rings. The second kappa shape index (κ2) is 8.13. The minimum absolute atomic E-state index is 0.0119. The molecule has 1 amide bonds. The number of hydrogen-bond acceptors (Lipinski definition) is 4. The minimum atomic E-state index is -3.35. The zero-order valence-corrected chi connectivity index (χ0v) is 15.2. The first-order chi connectivity index (χ1) is 12.9. The summed E-state index contributed by atoms with van der Waals surface area (Å²) in [5.74, 6) is -1.07. The molecule has 0 fully saturated rings. The molecule has 0 bridgehead atoms. The Morgan fingerprint density at radius 3 is 2.48 bits per heavy atom. The Labute approximate surface area is 156 Å². The summed E-state index contributed by atoms with van der Waals surface area (Å²) in [6.07, 6.45) is 1.35. The highest BCUT2D eigenvalue weighted by Crippen LogP contribution is 2.21. The van der Waals surface area contributed by atoms with Crippen molar-refractivity contribution in [3.05, 3.63) is 77.7 Å². The van der Waals surface area contributed by atoms with Gasteiger partial charge in [-0.25, -0.2) is 12.8 Å². The van der Waals surface area contributed by atoms with E-state index in [0.29, 0.717) is 16.8 Å². The van der Waals surface area contributed by atoms with Crippen molar-refractivity contribution in [1.29, 1.82) is 0 Å². The summed E-state index contributed by atoms with van der Waals surface area (Å²) in [5, 5.41) is 9.16. The van der Waals surface area contributed by atoms with Gasteiger partial charge in [-0.3, -0.25) is 9.89 Å². The van der Waals surface area contributed by atoms with Crippen molar-refractivity contribution < 1.29 is 17.6 Å². The Morgan fingerprint density at radius 2 is 1.78 bits per heavy atom. The van der Waals surface area contributed by atoms with Gasteiger partial charge in [-0.05, 0) is 29.8 Å². The van der Waals surface area contributed by atoms with Crippen LogP contribution in [0.5, 0.6) is 0 Å². The number of halogens is 1. The fraction of sp³-hybridized carbons (Fsp3) is 0.158. The summed E-state index contributed by atoms with van der Waals surface area (Å²) in [6.45, 7) is -0.0119. The van der Waals surface area contributed by atoms with E-state index in [1.165, 1.54) is 30.5 Å². The van der Waals surface area contributed by atoms with Gasteiger partial charge in [-0.1, -0.05) is 30.3 Å². The molecule has 0 saturated heterocycles. The van der Waals surface area contributed by atoms with Crippen molar-refractivity contribution in [3.8, 4) is 11.3 Å². The molecule has 0 radical (unpaired) electrons. The van der Waals surface area contributed by atoms with E-state index in [1.807, 2.05) is 6.07 Å². The molecule has 0 aliphatic heterocycles. The van der Waals surface area contributed by atoms with Crippen LogP contribution in [-0.4, -0.2) is 36.8 Å². The highest BCUT2D eigenvalue weighted by molar-refractivity contribution is 7.90. The lowest BCUT2D eigenvalue weighted by atomic mass is 10.1. The van der Waals surface area contributed by atoms with Crippen molar-refractivity contribution in [2.45, 2.75) is 5.75 Å². The normalized spacial score (nSPS) is 11.3. The van der Waals surface area contributed by atoms with Gasteiger partial charge in [0.2, 0.25) is 0 Å². The van der Waals surface area contributed by atoms with Gasteiger partial charge in [0.05, 0.1) is 29.0 Å². The summed E-state index contributed by atoms with van der Waals surface area (Å²) in [4.78, 5) is 12.4. The molecular formula is C19H18FN3O3S. The number of carbonyl (C=O) groups is 1. The van der Waals surface area contributed by atoms with Crippen LogP contribution >= 0.6 is 0 Å². The number of benzene rings is 2. The number of hydrogen-bond donors (Lipinski definition) is 2. The Morgan fingerprint density at radius 1 is 1.07 bits per heavy atom. The van der Waals surface area contributed by atoms with Gasteiger partial charge < -0.3 is 5.32 Å². The molecule has 0 spiro atoms. The van der Waals surface area contributed by atoms with E-state index in [-0.39, 0.29) is 29.4 Å². The molecule has 0 unspecified atom stereocenters. The average Bonchev–Trinajstić information content (AvgIpc) is 3.12. The fourth-order valence-corrected chi connectivity index (χ4v) is 3.87. The smallest absolute Gasteiger partial charge is 0.255 e. The van der Waals surface area contributed by atoms with Gasteiger partial charge in [-0.2, -0.15) is 5.10 Å². The average molecular weight is 387 g/mol. The first-order valence-corrected chi connectivity index (χ1v) is 10.1. The number of carbonyl (C=O) groups excluding carboxylic acids is 1.